The van der Waals surface area contributed by atoms with Gasteiger partial charge in [0, 0.05) is 45.5 Å². The summed E-state index contributed by atoms with van der Waals surface area (Å²) >= 11 is 6.16. The van der Waals surface area contributed by atoms with Crippen molar-refractivity contribution in [1.29, 1.82) is 0 Å². The fourth-order valence-electron chi connectivity index (χ4n) is 2.17. The van der Waals surface area contributed by atoms with Gasteiger partial charge in [-0.2, -0.15) is 11.3 Å². The number of hydrogen-bond acceptors (Lipinski definition) is 9. The Bertz CT molecular complexity index is 746. The smallest absolute Gasteiger partial charge is 0.135 e. The molecule has 10 heteroatoms. The Balaban J connectivity index is 2.04. The number of ether oxygens (including phenoxy) is 1. The van der Waals surface area contributed by atoms with Crippen molar-refractivity contribution in [3.8, 4) is 0 Å². The average Bonchev–Trinajstić information content (AvgIpc) is 3.19. The van der Waals surface area contributed by atoms with Gasteiger partial charge in [0.05, 0.1) is 18.4 Å². The highest BCUT2D eigenvalue weighted by Gasteiger charge is 2.27. The van der Waals surface area contributed by atoms with Gasteiger partial charge in [0.1, 0.15) is 17.6 Å². The van der Waals surface area contributed by atoms with Crippen molar-refractivity contribution in [2.75, 3.05) is 13.2 Å². The summed E-state index contributed by atoms with van der Waals surface area (Å²) in [6.07, 6.45) is 2.29. The molecule has 0 aliphatic rings. The van der Waals surface area contributed by atoms with Gasteiger partial charge in [-0.05, 0) is 40.4 Å². The number of halogens is 1. The van der Waals surface area contributed by atoms with Crippen LogP contribution in [0.2, 0.25) is 0 Å². The Kier molecular flexibility index (Phi) is 9.72. The van der Waals surface area contributed by atoms with Crippen LogP contribution in [0.25, 0.3) is 5.70 Å². The summed E-state index contributed by atoms with van der Waals surface area (Å²) < 4.78 is 6.57. The van der Waals surface area contributed by atoms with Crippen LogP contribution in [0.3, 0.4) is 0 Å². The van der Waals surface area contributed by atoms with Gasteiger partial charge in [-0.3, -0.25) is 4.98 Å². The molecule has 0 amide bonds. The summed E-state index contributed by atoms with van der Waals surface area (Å²) in [6, 6.07) is 3.75. The topological polar surface area (TPSA) is 121 Å². The summed E-state index contributed by atoms with van der Waals surface area (Å²) in [5.74, 6) is 0. The van der Waals surface area contributed by atoms with Gasteiger partial charge >= 0.3 is 0 Å². The molecule has 0 aliphatic heterocycles. The van der Waals surface area contributed by atoms with E-state index in [1.165, 1.54) is 18.7 Å². The summed E-state index contributed by atoms with van der Waals surface area (Å²) in [4.78, 5) is 4.87. The standard InChI is InChI=1S/C18H24BrN3O4S2/c1-11(24)17(9-23)26-18(28-14-4-13(19)5-21-6-14)16(25)8-22-7-15(20)12-2-3-27-10-12/h2-7,10-11,16-18,22-25H,8-9,20H2,1H3/b15-7-/t11?,16-,17?,18?/m0/s1. The minimum absolute atomic E-state index is 0.169. The second-order valence-corrected chi connectivity index (χ2v) is 8.88. The first kappa shape index (κ1) is 23.1. The van der Waals surface area contributed by atoms with E-state index in [-0.39, 0.29) is 13.2 Å². The highest BCUT2D eigenvalue weighted by molar-refractivity contribution is 9.10. The summed E-state index contributed by atoms with van der Waals surface area (Å²) in [7, 11) is 0. The van der Waals surface area contributed by atoms with Gasteiger partial charge in [0.25, 0.3) is 0 Å². The summed E-state index contributed by atoms with van der Waals surface area (Å²) in [5, 5.41) is 36.7. The molecule has 0 bridgehead atoms. The molecule has 0 saturated heterocycles. The number of thiophene rings is 1. The molecule has 0 spiro atoms. The second kappa shape index (κ2) is 11.8. The molecule has 0 aliphatic carbocycles. The number of nitrogens with one attached hydrogen (secondary N) is 1. The minimum Gasteiger partial charge on any atom is -0.397 e. The highest BCUT2D eigenvalue weighted by atomic mass is 79.9. The molecular formula is C18H24BrN3O4S2. The van der Waals surface area contributed by atoms with E-state index in [0.717, 1.165) is 14.9 Å². The Morgan fingerprint density at radius 3 is 2.86 bits per heavy atom. The molecular weight excluding hydrogens is 466 g/mol. The van der Waals surface area contributed by atoms with Crippen LogP contribution in [0.4, 0.5) is 0 Å². The van der Waals surface area contributed by atoms with Crippen molar-refractivity contribution in [1.82, 2.24) is 10.3 Å². The molecule has 2 aromatic rings. The van der Waals surface area contributed by atoms with E-state index in [0.29, 0.717) is 5.70 Å². The van der Waals surface area contributed by atoms with E-state index in [2.05, 4.69) is 26.2 Å². The largest absolute Gasteiger partial charge is 0.397 e. The minimum atomic E-state index is -0.941. The number of hydrogen-bond donors (Lipinski definition) is 5. The lowest BCUT2D eigenvalue weighted by atomic mass is 10.2. The molecule has 4 atom stereocenters. The van der Waals surface area contributed by atoms with E-state index in [4.69, 9.17) is 10.5 Å². The van der Waals surface area contributed by atoms with Crippen LogP contribution in [-0.4, -0.2) is 57.2 Å². The number of rotatable bonds is 11. The lowest BCUT2D eigenvalue weighted by molar-refractivity contribution is -0.0933. The maximum atomic E-state index is 10.6. The van der Waals surface area contributed by atoms with Gasteiger partial charge in [-0.1, -0.05) is 11.8 Å². The third-order valence-electron chi connectivity index (χ3n) is 3.71. The zero-order chi connectivity index (χ0) is 20.5. The van der Waals surface area contributed by atoms with E-state index in [1.54, 1.807) is 29.9 Å². The molecule has 2 heterocycles. The lowest BCUT2D eigenvalue weighted by Crippen LogP contribution is -2.41. The first-order chi connectivity index (χ1) is 13.4. The van der Waals surface area contributed by atoms with E-state index >= 15 is 0 Å². The first-order valence-corrected chi connectivity index (χ1v) is 11.1. The maximum absolute atomic E-state index is 10.6. The number of aliphatic hydroxyl groups excluding tert-OH is 3. The van der Waals surface area contributed by atoms with Crippen LogP contribution in [0.5, 0.6) is 0 Å². The Morgan fingerprint density at radius 1 is 1.46 bits per heavy atom. The summed E-state index contributed by atoms with van der Waals surface area (Å²) in [6.45, 7) is 1.33. The van der Waals surface area contributed by atoms with Gasteiger partial charge in [0.15, 0.2) is 0 Å². The number of nitrogens with zero attached hydrogens (tertiary/aromatic N) is 1. The van der Waals surface area contributed by atoms with Crippen LogP contribution >= 0.6 is 39.0 Å². The van der Waals surface area contributed by atoms with Crippen LogP contribution in [-0.2, 0) is 4.74 Å². The second-order valence-electron chi connectivity index (χ2n) is 6.01. The molecule has 28 heavy (non-hydrogen) atoms. The van der Waals surface area contributed by atoms with Crippen LogP contribution in [0.15, 0.2) is 50.9 Å². The van der Waals surface area contributed by atoms with Crippen molar-refractivity contribution in [2.24, 2.45) is 5.73 Å². The predicted octanol–water partition coefficient (Wildman–Crippen LogP) is 1.99. The number of nitrogens with two attached hydrogens (primary N) is 1. The third kappa shape index (κ3) is 7.36. The summed E-state index contributed by atoms with van der Waals surface area (Å²) in [5.41, 5.74) is 6.72. The van der Waals surface area contributed by atoms with Crippen LogP contribution in [0, 0.1) is 0 Å². The van der Waals surface area contributed by atoms with Gasteiger partial charge in [-0.15, -0.1) is 0 Å². The molecule has 2 rings (SSSR count). The van der Waals surface area contributed by atoms with Crippen LogP contribution < -0.4 is 11.1 Å². The molecule has 0 fully saturated rings. The number of thioether (sulfide) groups is 1. The Morgan fingerprint density at radius 2 is 2.25 bits per heavy atom. The van der Waals surface area contributed by atoms with Gasteiger partial charge in [0.2, 0.25) is 0 Å². The molecule has 6 N–H and O–H groups in total. The number of aliphatic hydroxyl groups is 3. The molecule has 3 unspecified atom stereocenters. The Labute approximate surface area is 180 Å². The highest BCUT2D eigenvalue weighted by Crippen LogP contribution is 2.29. The monoisotopic (exact) mass is 489 g/mol. The van der Waals surface area contributed by atoms with Crippen molar-refractivity contribution in [3.05, 3.63) is 51.5 Å². The van der Waals surface area contributed by atoms with Crippen molar-refractivity contribution >= 4 is 44.7 Å². The number of pyridine rings is 1. The van der Waals surface area contributed by atoms with E-state index in [1.807, 2.05) is 22.9 Å². The quantitative estimate of drug-likeness (QED) is 0.240. The normalized spacial score (nSPS) is 16.4. The molecule has 0 radical (unpaired) electrons. The zero-order valence-electron chi connectivity index (χ0n) is 15.2. The lowest BCUT2D eigenvalue weighted by Gasteiger charge is -2.28. The molecule has 0 aromatic carbocycles. The third-order valence-corrected chi connectivity index (χ3v) is 5.98. The molecule has 7 nitrogen and oxygen atoms in total. The first-order valence-electron chi connectivity index (χ1n) is 8.52. The average molecular weight is 490 g/mol. The van der Waals surface area contributed by atoms with Gasteiger partial charge in [-0.25, -0.2) is 0 Å². The zero-order valence-corrected chi connectivity index (χ0v) is 18.5. The van der Waals surface area contributed by atoms with E-state index in [9.17, 15) is 15.3 Å². The SMILES string of the molecule is CC(O)C(CO)OC(Sc1cncc(Br)c1)[C@@H](O)CN/C=C(\N)c1ccsc1. The van der Waals surface area contributed by atoms with Crippen molar-refractivity contribution in [3.63, 3.8) is 0 Å². The molecule has 154 valence electrons. The number of aromatic nitrogens is 1. The molecule has 2 aromatic heterocycles. The Hall–Kier alpha value is -1.14. The molecule has 0 saturated carbocycles. The van der Waals surface area contributed by atoms with Crippen molar-refractivity contribution in [2.45, 2.75) is 35.6 Å². The van der Waals surface area contributed by atoms with Gasteiger partial charge < -0.3 is 31.1 Å². The predicted molar refractivity (Wildman–Crippen MR) is 116 cm³/mol. The fraction of sp³-hybridized carbons (Fsp3) is 0.389. The van der Waals surface area contributed by atoms with Crippen LogP contribution in [0.1, 0.15) is 12.5 Å². The maximum Gasteiger partial charge on any atom is 0.135 e. The van der Waals surface area contributed by atoms with Crippen molar-refractivity contribution < 1.29 is 20.1 Å². The fourth-order valence-corrected chi connectivity index (χ4v) is 4.39. The van der Waals surface area contributed by atoms with E-state index < -0.39 is 23.7 Å².